The Bertz CT molecular complexity index is 954. The van der Waals surface area contributed by atoms with E-state index in [1.54, 1.807) is 6.92 Å². The highest BCUT2D eigenvalue weighted by molar-refractivity contribution is 5.69. The molecule has 0 N–H and O–H groups in total. The number of rotatable bonds is 4. The third-order valence-corrected chi connectivity index (χ3v) is 5.95. The molecular formula is C20H22F5N5O. The van der Waals surface area contributed by atoms with Crippen molar-refractivity contribution in [1.29, 1.82) is 0 Å². The van der Waals surface area contributed by atoms with Crippen molar-refractivity contribution in [2.45, 2.75) is 38.6 Å². The molecule has 31 heavy (non-hydrogen) atoms. The maximum atomic E-state index is 13.0. The summed E-state index contributed by atoms with van der Waals surface area (Å²) in [5, 5.41) is 8.32. The van der Waals surface area contributed by atoms with Gasteiger partial charge in [0.1, 0.15) is 11.4 Å². The van der Waals surface area contributed by atoms with Crippen molar-refractivity contribution in [2.75, 3.05) is 31.6 Å². The number of piperidine rings is 1. The molecule has 0 saturated carbocycles. The SMILES string of the molecule is Cc1nc(N2CC[C@@H]3CCN(C)C[C@@H]32)nnc1-c1ccc(C(F)(F)F)cc1OC(F)F. The van der Waals surface area contributed by atoms with E-state index in [-0.39, 0.29) is 17.3 Å². The molecule has 2 aliphatic heterocycles. The molecule has 0 unspecified atom stereocenters. The van der Waals surface area contributed by atoms with Gasteiger partial charge < -0.3 is 14.5 Å². The van der Waals surface area contributed by atoms with Crippen LogP contribution in [0.25, 0.3) is 11.3 Å². The van der Waals surface area contributed by atoms with Gasteiger partial charge in [0.2, 0.25) is 5.95 Å². The van der Waals surface area contributed by atoms with Crippen molar-refractivity contribution < 1.29 is 26.7 Å². The van der Waals surface area contributed by atoms with Crippen molar-refractivity contribution in [3.8, 4) is 17.0 Å². The molecule has 168 valence electrons. The van der Waals surface area contributed by atoms with Gasteiger partial charge in [-0.15, -0.1) is 10.2 Å². The third kappa shape index (κ3) is 4.41. The number of fused-ring (bicyclic) bond motifs is 1. The summed E-state index contributed by atoms with van der Waals surface area (Å²) in [5.41, 5.74) is -0.637. The van der Waals surface area contributed by atoms with Crippen LogP contribution in [0.4, 0.5) is 27.9 Å². The second-order valence-electron chi connectivity index (χ2n) is 7.99. The highest BCUT2D eigenvalue weighted by Crippen LogP contribution is 2.38. The van der Waals surface area contributed by atoms with Crippen molar-refractivity contribution in [3.63, 3.8) is 0 Å². The van der Waals surface area contributed by atoms with Crippen LogP contribution >= 0.6 is 0 Å². The molecule has 3 heterocycles. The van der Waals surface area contributed by atoms with Gasteiger partial charge in [-0.05, 0) is 57.5 Å². The Kier molecular flexibility index (Phi) is 5.71. The summed E-state index contributed by atoms with van der Waals surface area (Å²) in [6.07, 6.45) is -2.56. The predicted octanol–water partition coefficient (Wildman–Crippen LogP) is 4.00. The fourth-order valence-electron chi connectivity index (χ4n) is 4.40. The Labute approximate surface area is 176 Å². The average Bonchev–Trinajstić information content (AvgIpc) is 3.10. The number of hydrogen-bond donors (Lipinski definition) is 0. The number of likely N-dealkylation sites (tertiary alicyclic amines) is 1. The molecule has 2 fully saturated rings. The van der Waals surface area contributed by atoms with E-state index in [1.807, 2.05) is 0 Å². The standard InChI is InChI=1S/C20H22F5N5O/c1-11-17(14-4-3-13(20(23,24)25)9-16(14)31-18(21)22)27-28-19(26-11)30-8-6-12-5-7-29(2)10-15(12)30/h3-4,9,12,15,18H,5-8,10H2,1-2H3/t12-,15-/m0/s1. The second kappa shape index (κ2) is 8.18. The summed E-state index contributed by atoms with van der Waals surface area (Å²) in [7, 11) is 2.06. The van der Waals surface area contributed by atoms with E-state index in [9.17, 15) is 22.0 Å². The van der Waals surface area contributed by atoms with Gasteiger partial charge in [0.25, 0.3) is 0 Å². The number of aryl methyl sites for hydroxylation is 1. The summed E-state index contributed by atoms with van der Waals surface area (Å²) < 4.78 is 69.1. The first kappa shape index (κ1) is 21.7. The summed E-state index contributed by atoms with van der Waals surface area (Å²) in [6, 6.07) is 2.67. The zero-order valence-electron chi connectivity index (χ0n) is 17.0. The number of ether oxygens (including phenoxy) is 1. The first-order chi connectivity index (χ1) is 14.6. The lowest BCUT2D eigenvalue weighted by Crippen LogP contribution is -2.47. The summed E-state index contributed by atoms with van der Waals surface area (Å²) in [5.74, 6) is 0.375. The molecule has 1 aromatic heterocycles. The monoisotopic (exact) mass is 443 g/mol. The van der Waals surface area contributed by atoms with Gasteiger partial charge in [-0.25, -0.2) is 4.98 Å². The lowest BCUT2D eigenvalue weighted by Gasteiger charge is -2.36. The van der Waals surface area contributed by atoms with Gasteiger partial charge in [0, 0.05) is 24.7 Å². The highest BCUT2D eigenvalue weighted by Gasteiger charge is 2.39. The van der Waals surface area contributed by atoms with Crippen LogP contribution in [0.2, 0.25) is 0 Å². The summed E-state index contributed by atoms with van der Waals surface area (Å²) in [6.45, 7) is 1.07. The number of anilines is 1. The predicted molar refractivity (Wildman–Crippen MR) is 103 cm³/mol. The fourth-order valence-corrected chi connectivity index (χ4v) is 4.40. The fraction of sp³-hybridized carbons (Fsp3) is 0.550. The maximum absolute atomic E-state index is 13.0. The molecule has 0 spiro atoms. The van der Waals surface area contributed by atoms with Crippen LogP contribution in [0.15, 0.2) is 18.2 Å². The zero-order valence-corrected chi connectivity index (χ0v) is 17.0. The lowest BCUT2D eigenvalue weighted by atomic mass is 9.92. The molecule has 0 amide bonds. The number of likely N-dealkylation sites (N-methyl/N-ethyl adjacent to an activating group) is 1. The third-order valence-electron chi connectivity index (χ3n) is 5.95. The van der Waals surface area contributed by atoms with Crippen LogP contribution in [-0.4, -0.2) is 59.4 Å². The van der Waals surface area contributed by atoms with Gasteiger partial charge in [-0.2, -0.15) is 22.0 Å². The van der Waals surface area contributed by atoms with Gasteiger partial charge in [-0.3, -0.25) is 0 Å². The van der Waals surface area contributed by atoms with E-state index in [4.69, 9.17) is 0 Å². The lowest BCUT2D eigenvalue weighted by molar-refractivity contribution is -0.138. The molecule has 4 rings (SSSR count). The molecule has 2 aliphatic rings. The van der Waals surface area contributed by atoms with Gasteiger partial charge in [0.15, 0.2) is 0 Å². The number of halogens is 5. The largest absolute Gasteiger partial charge is 0.434 e. The van der Waals surface area contributed by atoms with Crippen molar-refractivity contribution >= 4 is 5.95 Å². The van der Waals surface area contributed by atoms with Gasteiger partial charge >= 0.3 is 12.8 Å². The van der Waals surface area contributed by atoms with E-state index in [0.717, 1.165) is 44.6 Å². The van der Waals surface area contributed by atoms with Gasteiger partial charge in [0.05, 0.1) is 11.3 Å². The van der Waals surface area contributed by atoms with E-state index >= 15 is 0 Å². The van der Waals surface area contributed by atoms with E-state index in [1.165, 1.54) is 0 Å². The summed E-state index contributed by atoms with van der Waals surface area (Å²) >= 11 is 0. The van der Waals surface area contributed by atoms with E-state index in [0.29, 0.717) is 23.6 Å². The van der Waals surface area contributed by atoms with Crippen molar-refractivity contribution in [3.05, 3.63) is 29.5 Å². The first-order valence-electron chi connectivity index (χ1n) is 9.96. The minimum absolute atomic E-state index is 0.0194. The minimum atomic E-state index is -4.69. The topological polar surface area (TPSA) is 54.4 Å². The smallest absolute Gasteiger partial charge is 0.416 e. The number of benzene rings is 1. The quantitative estimate of drug-likeness (QED) is 0.666. The maximum Gasteiger partial charge on any atom is 0.416 e. The number of alkyl halides is 5. The Hall–Kier alpha value is -2.56. The Morgan fingerprint density at radius 2 is 1.87 bits per heavy atom. The molecular weight excluding hydrogens is 421 g/mol. The molecule has 2 saturated heterocycles. The number of nitrogens with zero attached hydrogens (tertiary/aromatic N) is 5. The van der Waals surface area contributed by atoms with Crippen LogP contribution < -0.4 is 9.64 Å². The number of hydrogen-bond acceptors (Lipinski definition) is 6. The Morgan fingerprint density at radius 3 is 2.55 bits per heavy atom. The molecule has 2 aromatic rings. The molecule has 2 atom stereocenters. The van der Waals surface area contributed by atoms with Crippen LogP contribution in [0.5, 0.6) is 5.75 Å². The summed E-state index contributed by atoms with van der Waals surface area (Å²) in [4.78, 5) is 8.87. The Morgan fingerprint density at radius 1 is 1.13 bits per heavy atom. The molecule has 11 heteroatoms. The minimum Gasteiger partial charge on any atom is -0.434 e. The second-order valence-corrected chi connectivity index (χ2v) is 7.99. The highest BCUT2D eigenvalue weighted by atomic mass is 19.4. The van der Waals surface area contributed by atoms with Crippen LogP contribution in [0.3, 0.4) is 0 Å². The van der Waals surface area contributed by atoms with Crippen molar-refractivity contribution in [1.82, 2.24) is 20.1 Å². The molecule has 6 nitrogen and oxygen atoms in total. The van der Waals surface area contributed by atoms with Gasteiger partial charge in [-0.1, -0.05) is 0 Å². The van der Waals surface area contributed by atoms with E-state index < -0.39 is 24.1 Å². The average molecular weight is 443 g/mol. The molecule has 0 bridgehead atoms. The molecule has 1 aromatic carbocycles. The van der Waals surface area contributed by atoms with Crippen LogP contribution in [0, 0.1) is 12.8 Å². The zero-order chi connectivity index (χ0) is 22.3. The van der Waals surface area contributed by atoms with Crippen molar-refractivity contribution in [2.24, 2.45) is 5.92 Å². The van der Waals surface area contributed by atoms with E-state index in [2.05, 4.69) is 36.8 Å². The van der Waals surface area contributed by atoms with Crippen LogP contribution in [-0.2, 0) is 6.18 Å². The van der Waals surface area contributed by atoms with Crippen LogP contribution in [0.1, 0.15) is 24.1 Å². The normalized spacial score (nSPS) is 22.1. The number of aromatic nitrogens is 3. The Balaban J connectivity index is 1.67. The molecule has 0 radical (unpaired) electrons. The molecule has 0 aliphatic carbocycles. The first-order valence-corrected chi connectivity index (χ1v) is 9.96.